The number of alkyl halides is 3. The highest BCUT2D eigenvalue weighted by atomic mass is 32.2. The summed E-state index contributed by atoms with van der Waals surface area (Å²) in [6, 6.07) is 13.0. The maximum absolute atomic E-state index is 15.4. The number of hydrogen-bond donors (Lipinski definition) is 2. The highest BCUT2D eigenvalue weighted by Gasteiger charge is 2.38. The third-order valence-corrected chi connectivity index (χ3v) is 10.8. The number of nitrogens with two attached hydrogens (primary N) is 1. The van der Waals surface area contributed by atoms with Crippen molar-refractivity contribution in [3.8, 4) is 5.75 Å². The van der Waals surface area contributed by atoms with Crippen LogP contribution in [0.4, 0.5) is 30.7 Å². The second kappa shape index (κ2) is 15.5. The second-order valence-electron chi connectivity index (χ2n) is 12.3. The van der Waals surface area contributed by atoms with Gasteiger partial charge in [-0.25, -0.2) is 26.0 Å². The first-order chi connectivity index (χ1) is 24.0. The molecule has 4 atom stereocenters. The van der Waals surface area contributed by atoms with Crippen LogP contribution in [0.1, 0.15) is 41.5 Å². The Kier molecular flexibility index (Phi) is 11.5. The van der Waals surface area contributed by atoms with Crippen molar-refractivity contribution in [2.24, 2.45) is 5.73 Å². The summed E-state index contributed by atoms with van der Waals surface area (Å²) in [4.78, 5) is 13.5. The molecule has 1 saturated heterocycles. The van der Waals surface area contributed by atoms with E-state index in [1.165, 1.54) is 34.6 Å². The van der Waals surface area contributed by atoms with Crippen molar-refractivity contribution in [2.75, 3.05) is 13.1 Å². The monoisotopic (exact) mass is 737 g/mol. The molecule has 0 aliphatic carbocycles. The normalized spacial score (nSPS) is 18.3. The molecule has 1 aliphatic heterocycles. The number of nitrogens with one attached hydrogen (secondary N) is 1. The molecule has 272 valence electrons. The molecular formula is C36H34F7N3O4S. The molecular weight excluding hydrogens is 703 g/mol. The molecule has 0 saturated carbocycles. The molecule has 0 spiro atoms. The van der Waals surface area contributed by atoms with E-state index < -0.39 is 75.2 Å². The maximum atomic E-state index is 15.4. The van der Waals surface area contributed by atoms with Crippen molar-refractivity contribution < 1.29 is 48.7 Å². The van der Waals surface area contributed by atoms with Crippen molar-refractivity contribution >= 4 is 15.8 Å². The number of halogens is 7. The van der Waals surface area contributed by atoms with Crippen molar-refractivity contribution in [2.45, 2.75) is 61.5 Å². The summed E-state index contributed by atoms with van der Waals surface area (Å²) in [6.45, 7) is 2.14. The number of carbonyl (C=O) groups excluding carboxylic acids is 1. The number of piperazine rings is 1. The Labute approximate surface area is 290 Å². The number of nitrogens with zero attached hydrogens (tertiary/aromatic N) is 1. The minimum absolute atomic E-state index is 0.00945. The van der Waals surface area contributed by atoms with Crippen LogP contribution in [0.3, 0.4) is 0 Å². The first kappa shape index (κ1) is 37.9. The van der Waals surface area contributed by atoms with Crippen LogP contribution in [-0.4, -0.2) is 56.1 Å². The first-order valence-corrected chi connectivity index (χ1v) is 17.3. The molecule has 51 heavy (non-hydrogen) atoms. The van der Waals surface area contributed by atoms with Crippen molar-refractivity contribution in [1.82, 2.24) is 9.62 Å². The lowest BCUT2D eigenvalue weighted by Gasteiger charge is -2.40. The van der Waals surface area contributed by atoms with Crippen LogP contribution >= 0.6 is 0 Å². The van der Waals surface area contributed by atoms with E-state index in [1.807, 2.05) is 0 Å². The Morgan fingerprint density at radius 1 is 0.902 bits per heavy atom. The lowest BCUT2D eigenvalue weighted by atomic mass is 9.82. The van der Waals surface area contributed by atoms with Crippen LogP contribution in [-0.2, 0) is 27.7 Å². The third-order valence-electron chi connectivity index (χ3n) is 8.76. The van der Waals surface area contributed by atoms with Gasteiger partial charge in [-0.2, -0.15) is 4.31 Å². The number of sulfonamides is 1. The summed E-state index contributed by atoms with van der Waals surface area (Å²) in [5, 5.41) is 3.15. The van der Waals surface area contributed by atoms with Gasteiger partial charge in [-0.05, 0) is 96.6 Å². The van der Waals surface area contributed by atoms with E-state index in [2.05, 4.69) is 10.1 Å². The third kappa shape index (κ3) is 9.14. The molecule has 4 aromatic rings. The molecule has 1 heterocycles. The highest BCUT2D eigenvalue weighted by Crippen LogP contribution is 2.32. The number of ketones is 1. The molecule has 4 aromatic carbocycles. The molecule has 1 aliphatic rings. The Bertz CT molecular complexity index is 1940. The molecule has 15 heteroatoms. The zero-order valence-electron chi connectivity index (χ0n) is 27.1. The van der Waals surface area contributed by atoms with Gasteiger partial charge in [-0.15, -0.1) is 13.2 Å². The fraction of sp³-hybridized carbons (Fsp3) is 0.306. The molecule has 0 bridgehead atoms. The smallest absolute Gasteiger partial charge is 0.406 e. The fourth-order valence-electron chi connectivity index (χ4n) is 6.48. The summed E-state index contributed by atoms with van der Waals surface area (Å²) in [6.07, 6.45) is -5.24. The van der Waals surface area contributed by atoms with Crippen LogP contribution in [0, 0.1) is 23.3 Å². The van der Waals surface area contributed by atoms with Crippen LogP contribution < -0.4 is 15.8 Å². The molecule has 0 aromatic heterocycles. The lowest BCUT2D eigenvalue weighted by Crippen LogP contribution is -2.58. The SMILES string of the molecule is C[C@H]1CNC[C@H](CCc2c(F)cccc2CC(=O)[C@@H](N)[C@@H](c2ccc(F)cc2)c2cc(F)cc(F)c2)N1S(=O)(=O)c1ccc(OC(F)(F)F)cc1. The quantitative estimate of drug-likeness (QED) is 0.164. The molecule has 0 unspecified atom stereocenters. The summed E-state index contributed by atoms with van der Waals surface area (Å²) >= 11 is 0. The zero-order chi connectivity index (χ0) is 37.1. The van der Waals surface area contributed by atoms with Crippen molar-refractivity contribution in [3.05, 3.63) is 130 Å². The van der Waals surface area contributed by atoms with E-state index in [-0.39, 0.29) is 53.9 Å². The van der Waals surface area contributed by atoms with Gasteiger partial charge in [-0.3, -0.25) is 4.79 Å². The van der Waals surface area contributed by atoms with Gasteiger partial charge in [0.05, 0.1) is 10.9 Å². The van der Waals surface area contributed by atoms with Gasteiger partial charge in [0, 0.05) is 43.6 Å². The van der Waals surface area contributed by atoms with Crippen LogP contribution in [0.25, 0.3) is 0 Å². The predicted octanol–water partition coefficient (Wildman–Crippen LogP) is 6.40. The number of rotatable bonds is 12. The topological polar surface area (TPSA) is 102 Å². The Balaban J connectivity index is 1.37. The average Bonchev–Trinajstić information content (AvgIpc) is 3.04. The molecule has 5 rings (SSSR count). The van der Waals surface area contributed by atoms with E-state index in [4.69, 9.17) is 5.73 Å². The fourth-order valence-corrected chi connectivity index (χ4v) is 8.32. The van der Waals surface area contributed by atoms with Crippen molar-refractivity contribution in [3.63, 3.8) is 0 Å². The highest BCUT2D eigenvalue weighted by molar-refractivity contribution is 7.89. The standard InChI is InChI=1S/C36H34F7N3O4S/c1-21-19-45-20-28(46(21)51(48,49)30-12-10-29(11-13-30)50-36(41,42)43)9-14-31-23(3-2-4-32(31)40)17-33(47)35(44)34(22-5-7-25(37)8-6-22)24-15-26(38)18-27(39)16-24/h2-8,10-13,15-16,18,21,28,34-35,45H,9,14,17,19-20,44H2,1H3/t21-,28-,34-,35+/m0/s1. The Hall–Kier alpha value is -4.31. The predicted molar refractivity (Wildman–Crippen MR) is 174 cm³/mol. The molecule has 3 N–H and O–H groups in total. The number of hydrogen-bond acceptors (Lipinski definition) is 6. The van der Waals surface area contributed by atoms with E-state index in [0.29, 0.717) is 11.6 Å². The van der Waals surface area contributed by atoms with Gasteiger partial charge >= 0.3 is 6.36 Å². The van der Waals surface area contributed by atoms with Crippen LogP contribution in [0.5, 0.6) is 5.75 Å². The summed E-state index contributed by atoms with van der Waals surface area (Å²) in [5.41, 5.74) is 7.21. The Morgan fingerprint density at radius 2 is 1.55 bits per heavy atom. The molecule has 1 fully saturated rings. The van der Waals surface area contributed by atoms with Crippen molar-refractivity contribution in [1.29, 1.82) is 0 Å². The largest absolute Gasteiger partial charge is 0.573 e. The lowest BCUT2D eigenvalue weighted by molar-refractivity contribution is -0.274. The summed E-state index contributed by atoms with van der Waals surface area (Å²) < 4.78 is 128. The minimum Gasteiger partial charge on any atom is -0.406 e. The van der Waals surface area contributed by atoms with E-state index in [1.54, 1.807) is 6.92 Å². The maximum Gasteiger partial charge on any atom is 0.573 e. The van der Waals surface area contributed by atoms with Gasteiger partial charge in [0.25, 0.3) is 0 Å². The van der Waals surface area contributed by atoms with Gasteiger partial charge in [0.2, 0.25) is 10.0 Å². The molecule has 7 nitrogen and oxygen atoms in total. The van der Waals surface area contributed by atoms with E-state index in [0.717, 1.165) is 48.5 Å². The van der Waals surface area contributed by atoms with E-state index in [9.17, 15) is 39.6 Å². The number of benzene rings is 4. The van der Waals surface area contributed by atoms with Gasteiger partial charge < -0.3 is 15.8 Å². The second-order valence-corrected chi connectivity index (χ2v) is 14.2. The van der Waals surface area contributed by atoms with E-state index >= 15 is 4.39 Å². The van der Waals surface area contributed by atoms with Crippen LogP contribution in [0.2, 0.25) is 0 Å². The van der Waals surface area contributed by atoms with Crippen LogP contribution in [0.15, 0.2) is 89.8 Å². The Morgan fingerprint density at radius 3 is 2.18 bits per heavy atom. The number of carbonyl (C=O) groups is 1. The molecule has 0 amide bonds. The van der Waals surface area contributed by atoms with Gasteiger partial charge in [0.15, 0.2) is 5.78 Å². The minimum atomic E-state index is -4.95. The molecule has 0 radical (unpaired) electrons. The number of ether oxygens (including phenoxy) is 1. The number of Topliss-reactive ketones (excluding diaryl/α,β-unsaturated/α-hetero) is 1. The van der Waals surface area contributed by atoms with Gasteiger partial charge in [0.1, 0.15) is 29.0 Å². The zero-order valence-corrected chi connectivity index (χ0v) is 28.0. The summed E-state index contributed by atoms with van der Waals surface area (Å²) in [7, 11) is -4.23. The van der Waals surface area contributed by atoms with Gasteiger partial charge in [-0.1, -0.05) is 24.3 Å². The first-order valence-electron chi connectivity index (χ1n) is 15.9. The average molecular weight is 738 g/mol. The summed E-state index contributed by atoms with van der Waals surface area (Å²) in [5.74, 6) is -5.30.